The number of rotatable bonds is 2. The number of cyclic esters (lactones) is 1. The van der Waals surface area contributed by atoms with Crippen molar-refractivity contribution in [1.29, 1.82) is 0 Å². The zero-order valence-corrected chi connectivity index (χ0v) is 8.69. The van der Waals surface area contributed by atoms with Crippen LogP contribution in [0.4, 0.5) is 0 Å². The van der Waals surface area contributed by atoms with E-state index in [4.69, 9.17) is 4.74 Å². The maximum atomic E-state index is 11.4. The van der Waals surface area contributed by atoms with Crippen LogP contribution in [0.5, 0.6) is 0 Å². The third-order valence-corrected chi connectivity index (χ3v) is 2.65. The van der Waals surface area contributed by atoms with Gasteiger partial charge in [-0.15, -0.1) is 0 Å². The van der Waals surface area contributed by atoms with E-state index in [9.17, 15) is 9.90 Å². The number of aliphatic hydroxyl groups is 1. The Balaban J connectivity index is 2.30. The van der Waals surface area contributed by atoms with Crippen molar-refractivity contribution in [2.75, 3.05) is 0 Å². The van der Waals surface area contributed by atoms with Gasteiger partial charge in [0.2, 0.25) is 0 Å². The molecule has 2 rings (SSSR count). The number of carbonyl (C=O) groups is 1. The average molecular weight is 206 g/mol. The Labute approximate surface area is 88.7 Å². The fourth-order valence-electron chi connectivity index (χ4n) is 1.75. The molecule has 2 aliphatic rings. The third-order valence-electron chi connectivity index (χ3n) is 2.65. The van der Waals surface area contributed by atoms with Gasteiger partial charge in [-0.25, -0.2) is 4.79 Å². The second-order valence-electron chi connectivity index (χ2n) is 3.73. The predicted molar refractivity (Wildman–Crippen MR) is 55.9 cm³/mol. The largest absolute Gasteiger partial charge is 0.423 e. The van der Waals surface area contributed by atoms with Gasteiger partial charge in [0.1, 0.15) is 5.76 Å². The van der Waals surface area contributed by atoms with E-state index in [-0.39, 0.29) is 5.97 Å². The maximum Gasteiger partial charge on any atom is 0.343 e. The molecule has 80 valence electrons. The molecule has 0 aromatic rings. The summed E-state index contributed by atoms with van der Waals surface area (Å²) in [5, 5.41) is 9.49. The molecule has 1 unspecified atom stereocenters. The van der Waals surface area contributed by atoms with Crippen LogP contribution in [0.15, 0.2) is 35.1 Å². The van der Waals surface area contributed by atoms with Crippen LogP contribution in [-0.4, -0.2) is 17.2 Å². The van der Waals surface area contributed by atoms with Crippen molar-refractivity contribution in [3.8, 4) is 0 Å². The number of allylic oxidation sites excluding steroid dienone is 2. The number of ether oxygens (including phenoxy) is 1. The Morgan fingerprint density at radius 2 is 2.47 bits per heavy atom. The Bertz CT molecular complexity index is 374. The fraction of sp³-hybridized carbons (Fsp3) is 0.417. The van der Waals surface area contributed by atoms with Gasteiger partial charge in [-0.1, -0.05) is 19.1 Å². The summed E-state index contributed by atoms with van der Waals surface area (Å²) in [5.41, 5.74) is 1.59. The summed E-state index contributed by atoms with van der Waals surface area (Å²) in [6, 6.07) is 0. The molecule has 0 bridgehead atoms. The Morgan fingerprint density at radius 3 is 3.20 bits per heavy atom. The lowest BCUT2D eigenvalue weighted by atomic mass is 9.97. The van der Waals surface area contributed by atoms with Gasteiger partial charge in [-0.05, 0) is 25.3 Å². The zero-order valence-electron chi connectivity index (χ0n) is 8.69. The smallest absolute Gasteiger partial charge is 0.343 e. The van der Waals surface area contributed by atoms with Gasteiger partial charge in [0.05, 0.1) is 11.7 Å². The van der Waals surface area contributed by atoms with Crippen molar-refractivity contribution in [1.82, 2.24) is 0 Å². The lowest BCUT2D eigenvalue weighted by Crippen LogP contribution is -2.02. The van der Waals surface area contributed by atoms with Crippen molar-refractivity contribution in [3.05, 3.63) is 35.1 Å². The molecular formula is C12H14O3. The van der Waals surface area contributed by atoms with Crippen LogP contribution < -0.4 is 0 Å². The predicted octanol–water partition coefficient (Wildman–Crippen LogP) is 1.84. The SMILES string of the molecule is CCC(O)/C=C1/OC(=O)C2=C1CCC=C2. The maximum absolute atomic E-state index is 11.4. The van der Waals surface area contributed by atoms with Gasteiger partial charge in [-0.2, -0.15) is 0 Å². The van der Waals surface area contributed by atoms with E-state index in [0.29, 0.717) is 17.8 Å². The fourth-order valence-corrected chi connectivity index (χ4v) is 1.75. The molecular weight excluding hydrogens is 192 g/mol. The van der Waals surface area contributed by atoms with E-state index in [2.05, 4.69) is 0 Å². The van der Waals surface area contributed by atoms with E-state index in [1.807, 2.05) is 13.0 Å². The first-order valence-corrected chi connectivity index (χ1v) is 5.24. The van der Waals surface area contributed by atoms with Crippen LogP contribution in [0, 0.1) is 0 Å². The lowest BCUT2D eigenvalue weighted by Gasteiger charge is -2.07. The van der Waals surface area contributed by atoms with Crippen LogP contribution in [0.1, 0.15) is 26.2 Å². The minimum absolute atomic E-state index is 0.296. The van der Waals surface area contributed by atoms with Crippen LogP contribution >= 0.6 is 0 Å². The zero-order chi connectivity index (χ0) is 10.8. The van der Waals surface area contributed by atoms with E-state index in [1.165, 1.54) is 0 Å². The topological polar surface area (TPSA) is 46.5 Å². The van der Waals surface area contributed by atoms with Crippen molar-refractivity contribution in [2.24, 2.45) is 0 Å². The summed E-state index contributed by atoms with van der Waals surface area (Å²) in [6.07, 6.45) is 7.23. The second kappa shape index (κ2) is 4.03. The summed E-state index contributed by atoms with van der Waals surface area (Å²) >= 11 is 0. The number of hydrogen-bond acceptors (Lipinski definition) is 3. The Kier molecular flexibility index (Phi) is 2.73. The highest BCUT2D eigenvalue weighted by Gasteiger charge is 2.29. The van der Waals surface area contributed by atoms with Crippen LogP contribution in [0.25, 0.3) is 0 Å². The first-order chi connectivity index (χ1) is 7.22. The van der Waals surface area contributed by atoms with Crippen LogP contribution in [0.2, 0.25) is 0 Å². The van der Waals surface area contributed by atoms with Gasteiger partial charge in [-0.3, -0.25) is 0 Å². The minimum Gasteiger partial charge on any atom is -0.423 e. The lowest BCUT2D eigenvalue weighted by molar-refractivity contribution is -0.132. The van der Waals surface area contributed by atoms with Crippen molar-refractivity contribution in [3.63, 3.8) is 0 Å². The molecule has 0 radical (unpaired) electrons. The van der Waals surface area contributed by atoms with E-state index in [0.717, 1.165) is 18.4 Å². The number of aliphatic hydroxyl groups excluding tert-OH is 1. The standard InChI is InChI=1S/C12H14O3/c1-2-8(13)7-11-9-5-3-4-6-10(9)12(14)15-11/h4,6-8,13H,2-3,5H2,1H3/b11-7+. The molecule has 3 nitrogen and oxygen atoms in total. The molecule has 1 atom stereocenters. The molecule has 1 aliphatic heterocycles. The highest BCUT2D eigenvalue weighted by Crippen LogP contribution is 2.33. The molecule has 0 aromatic heterocycles. The monoisotopic (exact) mass is 206 g/mol. The number of esters is 1. The summed E-state index contributed by atoms with van der Waals surface area (Å²) in [7, 11) is 0. The molecule has 15 heavy (non-hydrogen) atoms. The molecule has 1 aliphatic carbocycles. The van der Waals surface area contributed by atoms with Gasteiger partial charge < -0.3 is 9.84 Å². The Hall–Kier alpha value is -1.35. The van der Waals surface area contributed by atoms with Gasteiger partial charge in [0, 0.05) is 5.57 Å². The third kappa shape index (κ3) is 1.88. The summed E-state index contributed by atoms with van der Waals surface area (Å²) in [4.78, 5) is 11.4. The molecule has 1 heterocycles. The van der Waals surface area contributed by atoms with Gasteiger partial charge >= 0.3 is 5.97 Å². The first kappa shape index (κ1) is 10.2. The van der Waals surface area contributed by atoms with Gasteiger partial charge in [0.15, 0.2) is 0 Å². The second-order valence-corrected chi connectivity index (χ2v) is 3.73. The van der Waals surface area contributed by atoms with Crippen LogP contribution in [-0.2, 0) is 9.53 Å². The normalized spacial score (nSPS) is 24.4. The molecule has 0 saturated carbocycles. The average Bonchev–Trinajstić information content (AvgIpc) is 2.57. The molecule has 0 spiro atoms. The van der Waals surface area contributed by atoms with Crippen LogP contribution in [0.3, 0.4) is 0 Å². The van der Waals surface area contributed by atoms with E-state index < -0.39 is 6.10 Å². The molecule has 0 fully saturated rings. The molecule has 0 amide bonds. The summed E-state index contributed by atoms with van der Waals surface area (Å²) in [5.74, 6) is 0.254. The first-order valence-electron chi connectivity index (χ1n) is 5.24. The molecule has 0 aromatic carbocycles. The number of hydrogen-bond donors (Lipinski definition) is 1. The van der Waals surface area contributed by atoms with Crippen molar-refractivity contribution >= 4 is 5.97 Å². The molecule has 1 N–H and O–H groups in total. The number of carbonyl (C=O) groups excluding carboxylic acids is 1. The van der Waals surface area contributed by atoms with Crippen molar-refractivity contribution < 1.29 is 14.6 Å². The summed E-state index contributed by atoms with van der Waals surface area (Å²) < 4.78 is 5.12. The summed E-state index contributed by atoms with van der Waals surface area (Å²) in [6.45, 7) is 1.88. The highest BCUT2D eigenvalue weighted by molar-refractivity contribution is 5.97. The van der Waals surface area contributed by atoms with E-state index in [1.54, 1.807) is 12.2 Å². The van der Waals surface area contributed by atoms with E-state index >= 15 is 0 Å². The minimum atomic E-state index is -0.537. The molecule has 0 saturated heterocycles. The van der Waals surface area contributed by atoms with Gasteiger partial charge in [0.25, 0.3) is 0 Å². The Morgan fingerprint density at radius 1 is 1.67 bits per heavy atom. The molecule has 3 heteroatoms. The highest BCUT2D eigenvalue weighted by atomic mass is 16.5. The van der Waals surface area contributed by atoms with Crippen molar-refractivity contribution in [2.45, 2.75) is 32.3 Å². The quantitative estimate of drug-likeness (QED) is 0.701.